The Hall–Kier alpha value is -1.52. The van der Waals surface area contributed by atoms with Crippen LogP contribution in [0.2, 0.25) is 0 Å². The minimum atomic E-state index is -0.150. The molecule has 0 aliphatic heterocycles. The average molecular weight is 182 g/mol. The predicted octanol–water partition coefficient (Wildman–Crippen LogP) is 0.537. The number of carbonyl (C=O) groups excluding carboxylic acids is 1. The fourth-order valence-corrected chi connectivity index (χ4v) is 0.952. The number of carbonyl (C=O) groups is 1. The summed E-state index contributed by atoms with van der Waals surface area (Å²) < 4.78 is 0. The molecule has 1 rings (SSSR count). The van der Waals surface area contributed by atoms with Gasteiger partial charge in [0.05, 0.1) is 6.20 Å². The first-order valence-electron chi connectivity index (χ1n) is 4.24. The number of urea groups is 1. The molecule has 0 aromatic carbocycles. The summed E-state index contributed by atoms with van der Waals surface area (Å²) >= 11 is 0. The minimum Gasteiger partial charge on any atom is -0.338 e. The number of nitrogens with zero attached hydrogens (tertiary/aromatic N) is 1. The van der Waals surface area contributed by atoms with Gasteiger partial charge in [0.1, 0.15) is 0 Å². The number of nitrogens with one attached hydrogen (secondary N) is 3. The number of aromatic amines is 1. The number of hydrogen-bond donors (Lipinski definition) is 3. The molecular weight excluding hydrogens is 168 g/mol. The van der Waals surface area contributed by atoms with Crippen molar-refractivity contribution in [3.05, 3.63) is 17.5 Å². The van der Waals surface area contributed by atoms with Gasteiger partial charge in [0, 0.05) is 24.3 Å². The van der Waals surface area contributed by atoms with Crippen molar-refractivity contribution in [3.63, 3.8) is 0 Å². The molecule has 2 amide bonds. The van der Waals surface area contributed by atoms with Crippen LogP contribution < -0.4 is 10.6 Å². The summed E-state index contributed by atoms with van der Waals surface area (Å²) in [4.78, 5) is 11.0. The highest BCUT2D eigenvalue weighted by Gasteiger charge is 2.01. The van der Waals surface area contributed by atoms with Crippen molar-refractivity contribution in [1.29, 1.82) is 0 Å². The van der Waals surface area contributed by atoms with E-state index in [1.54, 1.807) is 6.20 Å². The van der Waals surface area contributed by atoms with Crippen molar-refractivity contribution in [3.8, 4) is 0 Å². The number of rotatable bonds is 3. The van der Waals surface area contributed by atoms with Crippen molar-refractivity contribution in [2.45, 2.75) is 20.4 Å². The summed E-state index contributed by atoms with van der Waals surface area (Å²) in [5, 5.41) is 12.0. The van der Waals surface area contributed by atoms with Gasteiger partial charge in [-0.3, -0.25) is 5.10 Å². The van der Waals surface area contributed by atoms with Gasteiger partial charge in [0.2, 0.25) is 0 Å². The second kappa shape index (κ2) is 4.49. The zero-order valence-corrected chi connectivity index (χ0v) is 7.85. The fourth-order valence-electron chi connectivity index (χ4n) is 0.952. The highest BCUT2D eigenvalue weighted by molar-refractivity contribution is 5.73. The summed E-state index contributed by atoms with van der Waals surface area (Å²) in [6.07, 6.45) is 1.71. The number of aromatic nitrogens is 2. The Morgan fingerprint density at radius 2 is 2.38 bits per heavy atom. The first kappa shape index (κ1) is 9.57. The Balaban J connectivity index is 2.35. The lowest BCUT2D eigenvalue weighted by atomic mass is 10.3. The molecule has 0 fully saturated rings. The van der Waals surface area contributed by atoms with E-state index in [1.807, 2.05) is 13.8 Å². The van der Waals surface area contributed by atoms with E-state index in [-0.39, 0.29) is 6.03 Å². The van der Waals surface area contributed by atoms with Gasteiger partial charge in [0.25, 0.3) is 0 Å². The summed E-state index contributed by atoms with van der Waals surface area (Å²) in [6.45, 7) is 4.94. The number of aryl methyl sites for hydroxylation is 1. The first-order chi connectivity index (χ1) is 6.24. The zero-order chi connectivity index (χ0) is 9.68. The van der Waals surface area contributed by atoms with Crippen LogP contribution >= 0.6 is 0 Å². The Labute approximate surface area is 76.9 Å². The zero-order valence-electron chi connectivity index (χ0n) is 7.85. The topological polar surface area (TPSA) is 69.8 Å². The fraction of sp³-hybridized carbons (Fsp3) is 0.500. The van der Waals surface area contributed by atoms with E-state index < -0.39 is 0 Å². The third kappa shape index (κ3) is 2.77. The molecule has 1 aromatic rings. The van der Waals surface area contributed by atoms with Gasteiger partial charge < -0.3 is 10.6 Å². The van der Waals surface area contributed by atoms with E-state index in [9.17, 15) is 4.79 Å². The average Bonchev–Trinajstić information content (AvgIpc) is 2.48. The van der Waals surface area contributed by atoms with Crippen LogP contribution in [0, 0.1) is 6.92 Å². The molecule has 0 bridgehead atoms. The van der Waals surface area contributed by atoms with Crippen molar-refractivity contribution < 1.29 is 4.79 Å². The Kier molecular flexibility index (Phi) is 3.31. The van der Waals surface area contributed by atoms with Gasteiger partial charge in [-0.25, -0.2) is 4.79 Å². The smallest absolute Gasteiger partial charge is 0.315 e. The monoisotopic (exact) mass is 182 g/mol. The quantitative estimate of drug-likeness (QED) is 0.638. The molecule has 0 aliphatic carbocycles. The lowest BCUT2D eigenvalue weighted by Crippen LogP contribution is -2.34. The number of hydrogen-bond acceptors (Lipinski definition) is 2. The minimum absolute atomic E-state index is 0.150. The van der Waals surface area contributed by atoms with Crippen molar-refractivity contribution in [1.82, 2.24) is 20.8 Å². The molecule has 5 heteroatoms. The highest BCUT2D eigenvalue weighted by Crippen LogP contribution is 2.00. The van der Waals surface area contributed by atoms with Crippen LogP contribution in [0.4, 0.5) is 4.79 Å². The first-order valence-corrected chi connectivity index (χ1v) is 4.24. The Morgan fingerprint density at radius 1 is 1.62 bits per heavy atom. The normalized spacial score (nSPS) is 9.69. The number of H-pyrrole nitrogens is 1. The predicted molar refractivity (Wildman–Crippen MR) is 49.2 cm³/mol. The molecule has 0 spiro atoms. The maximum absolute atomic E-state index is 11.0. The van der Waals surface area contributed by atoms with Gasteiger partial charge >= 0.3 is 6.03 Å². The van der Waals surface area contributed by atoms with Gasteiger partial charge in [0.15, 0.2) is 0 Å². The molecule has 72 valence electrons. The van der Waals surface area contributed by atoms with E-state index in [2.05, 4.69) is 20.8 Å². The molecule has 0 atom stereocenters. The third-order valence-corrected chi connectivity index (χ3v) is 1.71. The van der Waals surface area contributed by atoms with Crippen LogP contribution in [0.3, 0.4) is 0 Å². The van der Waals surface area contributed by atoms with Crippen LogP contribution in [0.25, 0.3) is 0 Å². The van der Waals surface area contributed by atoms with Crippen LogP contribution in [0.15, 0.2) is 6.20 Å². The summed E-state index contributed by atoms with van der Waals surface area (Å²) in [5.41, 5.74) is 1.99. The maximum atomic E-state index is 11.0. The van der Waals surface area contributed by atoms with E-state index in [4.69, 9.17) is 0 Å². The van der Waals surface area contributed by atoms with Crippen molar-refractivity contribution in [2.75, 3.05) is 6.54 Å². The van der Waals surface area contributed by atoms with Crippen molar-refractivity contribution >= 4 is 6.03 Å². The van der Waals surface area contributed by atoms with Gasteiger partial charge in [-0.2, -0.15) is 5.10 Å². The van der Waals surface area contributed by atoms with Gasteiger partial charge in [-0.1, -0.05) is 0 Å². The SMILES string of the molecule is CCNC(=O)NCc1cn[nH]c1C. The van der Waals surface area contributed by atoms with Crippen molar-refractivity contribution in [2.24, 2.45) is 0 Å². The lowest BCUT2D eigenvalue weighted by Gasteiger charge is -2.04. The second-order valence-electron chi connectivity index (χ2n) is 2.73. The molecule has 1 aromatic heterocycles. The molecule has 5 nitrogen and oxygen atoms in total. The largest absolute Gasteiger partial charge is 0.338 e. The standard InChI is InChI=1S/C8H14N4O/c1-3-9-8(13)10-4-7-5-11-12-6(7)2/h5H,3-4H2,1-2H3,(H,11,12)(H2,9,10,13). The molecule has 0 saturated heterocycles. The summed E-state index contributed by atoms with van der Waals surface area (Å²) in [6, 6.07) is -0.150. The Bertz CT molecular complexity index is 281. The van der Waals surface area contributed by atoms with Gasteiger partial charge in [-0.05, 0) is 13.8 Å². The molecule has 1 heterocycles. The van der Waals surface area contributed by atoms with E-state index >= 15 is 0 Å². The second-order valence-corrected chi connectivity index (χ2v) is 2.73. The molecule has 3 N–H and O–H groups in total. The summed E-state index contributed by atoms with van der Waals surface area (Å²) in [5.74, 6) is 0. The van der Waals surface area contributed by atoms with Crippen LogP contribution in [-0.4, -0.2) is 22.8 Å². The van der Waals surface area contributed by atoms with Crippen LogP contribution in [-0.2, 0) is 6.54 Å². The maximum Gasteiger partial charge on any atom is 0.315 e. The molecule has 0 radical (unpaired) electrons. The molecule has 0 saturated carbocycles. The molecule has 0 unspecified atom stereocenters. The third-order valence-electron chi connectivity index (χ3n) is 1.71. The van der Waals surface area contributed by atoms with Crippen LogP contribution in [0.5, 0.6) is 0 Å². The molecule has 13 heavy (non-hydrogen) atoms. The van der Waals surface area contributed by atoms with E-state index in [0.717, 1.165) is 11.3 Å². The lowest BCUT2D eigenvalue weighted by molar-refractivity contribution is 0.241. The molecular formula is C8H14N4O. The Morgan fingerprint density at radius 3 is 2.92 bits per heavy atom. The van der Waals surface area contributed by atoms with E-state index in [1.165, 1.54) is 0 Å². The number of amides is 2. The summed E-state index contributed by atoms with van der Waals surface area (Å²) in [7, 11) is 0. The van der Waals surface area contributed by atoms with Crippen LogP contribution in [0.1, 0.15) is 18.2 Å². The van der Waals surface area contributed by atoms with E-state index in [0.29, 0.717) is 13.1 Å². The highest BCUT2D eigenvalue weighted by atomic mass is 16.2. The van der Waals surface area contributed by atoms with Gasteiger partial charge in [-0.15, -0.1) is 0 Å². The molecule has 0 aliphatic rings.